The summed E-state index contributed by atoms with van der Waals surface area (Å²) in [6, 6.07) is 10.8. The summed E-state index contributed by atoms with van der Waals surface area (Å²) in [6.07, 6.45) is 1.52. The first-order valence-electron chi connectivity index (χ1n) is 8.54. The van der Waals surface area contributed by atoms with Crippen molar-refractivity contribution in [2.45, 2.75) is 13.8 Å². The number of nitro groups is 1. The Kier molecular flexibility index (Phi) is 5.27. The van der Waals surface area contributed by atoms with Crippen LogP contribution in [0.2, 0.25) is 0 Å². The number of rotatable bonds is 6. The van der Waals surface area contributed by atoms with Gasteiger partial charge < -0.3 is 14.5 Å². The molecule has 1 N–H and O–H groups in total. The first kappa shape index (κ1) is 18.9. The van der Waals surface area contributed by atoms with Gasteiger partial charge in [-0.15, -0.1) is 0 Å². The molecule has 0 aliphatic carbocycles. The number of nitriles is 1. The lowest BCUT2D eigenvalue weighted by molar-refractivity contribution is -0.385. The Balaban J connectivity index is 2.12. The van der Waals surface area contributed by atoms with Crippen molar-refractivity contribution in [3.63, 3.8) is 0 Å². The quantitative estimate of drug-likeness (QED) is 0.389. The Hall–Kier alpha value is -3.86. The summed E-state index contributed by atoms with van der Waals surface area (Å²) in [6.45, 7) is 3.95. The summed E-state index contributed by atoms with van der Waals surface area (Å²) in [5, 5.41) is 21.1. The molecule has 28 heavy (non-hydrogen) atoms. The number of H-pyrrole nitrogens is 1. The second-order valence-electron chi connectivity index (χ2n) is 6.04. The van der Waals surface area contributed by atoms with Crippen LogP contribution in [-0.4, -0.2) is 28.6 Å². The second-order valence-corrected chi connectivity index (χ2v) is 6.04. The van der Waals surface area contributed by atoms with E-state index >= 15 is 0 Å². The molecular weight excluding hydrogens is 360 g/mol. The number of benzene rings is 2. The number of hydrogen-bond acceptors (Lipinski definition) is 6. The van der Waals surface area contributed by atoms with Gasteiger partial charge in [0.1, 0.15) is 11.9 Å². The number of aromatic nitrogens is 2. The molecule has 3 aromatic rings. The minimum absolute atomic E-state index is 0.0601. The third-order valence-electron chi connectivity index (χ3n) is 4.09. The molecule has 142 valence electrons. The van der Waals surface area contributed by atoms with Crippen LogP contribution in [0.15, 0.2) is 30.3 Å². The largest absolute Gasteiger partial charge is 0.493 e. The van der Waals surface area contributed by atoms with Crippen molar-refractivity contribution in [3.05, 3.63) is 57.4 Å². The molecule has 0 bridgehead atoms. The lowest BCUT2D eigenvalue weighted by atomic mass is 10.1. The fraction of sp³-hybridized carbons (Fsp3) is 0.200. The molecule has 0 fully saturated rings. The van der Waals surface area contributed by atoms with Crippen LogP contribution in [0.5, 0.6) is 11.5 Å². The lowest BCUT2D eigenvalue weighted by Crippen LogP contribution is -2.01. The number of hydrogen-bond donors (Lipinski definition) is 1. The maximum Gasteiger partial charge on any atom is 0.315 e. The predicted molar refractivity (Wildman–Crippen MR) is 105 cm³/mol. The molecule has 3 rings (SSSR count). The number of nitrogens with one attached hydrogen (secondary N) is 1. The summed E-state index contributed by atoms with van der Waals surface area (Å²) < 4.78 is 10.6. The van der Waals surface area contributed by atoms with E-state index in [0.717, 1.165) is 16.6 Å². The van der Waals surface area contributed by atoms with E-state index in [9.17, 15) is 15.4 Å². The summed E-state index contributed by atoms with van der Waals surface area (Å²) in [5.41, 5.74) is 3.06. The molecular formula is C20H18N4O4. The zero-order chi connectivity index (χ0) is 20.3. The highest BCUT2D eigenvalue weighted by Crippen LogP contribution is 2.39. The minimum atomic E-state index is -0.541. The van der Waals surface area contributed by atoms with Crippen molar-refractivity contribution in [1.29, 1.82) is 5.26 Å². The van der Waals surface area contributed by atoms with E-state index in [1.807, 2.05) is 25.1 Å². The number of allylic oxidation sites excluding steroid dienone is 1. The first-order chi connectivity index (χ1) is 13.5. The van der Waals surface area contributed by atoms with E-state index in [-0.39, 0.29) is 29.4 Å². The van der Waals surface area contributed by atoms with Gasteiger partial charge >= 0.3 is 5.69 Å². The Morgan fingerprint density at radius 2 is 2.18 bits per heavy atom. The van der Waals surface area contributed by atoms with E-state index in [0.29, 0.717) is 11.4 Å². The number of nitro benzene ring substituents is 1. The van der Waals surface area contributed by atoms with E-state index in [1.54, 1.807) is 13.0 Å². The van der Waals surface area contributed by atoms with Gasteiger partial charge in [0.2, 0.25) is 5.75 Å². The predicted octanol–water partition coefficient (Wildman–Crippen LogP) is 4.25. The second kappa shape index (κ2) is 7.80. The van der Waals surface area contributed by atoms with Crippen LogP contribution in [0.3, 0.4) is 0 Å². The number of methoxy groups -OCH3 is 1. The van der Waals surface area contributed by atoms with E-state index in [2.05, 4.69) is 16.0 Å². The molecule has 0 atom stereocenters. The SMILES string of the molecule is CCOc1c(OC)cc(/C=C(/C#N)c2nc3ccc(C)cc3[nH]2)cc1[N+](=O)[O-]. The van der Waals surface area contributed by atoms with Crippen molar-refractivity contribution in [2.24, 2.45) is 0 Å². The number of ether oxygens (including phenoxy) is 2. The molecule has 0 saturated heterocycles. The molecule has 8 heteroatoms. The van der Waals surface area contributed by atoms with Gasteiger partial charge in [0, 0.05) is 6.07 Å². The molecule has 2 aromatic carbocycles. The van der Waals surface area contributed by atoms with Crippen LogP contribution in [0.25, 0.3) is 22.7 Å². The van der Waals surface area contributed by atoms with Crippen LogP contribution in [0.4, 0.5) is 5.69 Å². The average molecular weight is 378 g/mol. The van der Waals surface area contributed by atoms with Crippen molar-refractivity contribution >= 4 is 28.4 Å². The highest BCUT2D eigenvalue weighted by Gasteiger charge is 2.22. The average Bonchev–Trinajstić information content (AvgIpc) is 3.09. The van der Waals surface area contributed by atoms with Gasteiger partial charge in [-0.25, -0.2) is 4.98 Å². The minimum Gasteiger partial charge on any atom is -0.493 e. The number of aryl methyl sites for hydroxylation is 1. The van der Waals surface area contributed by atoms with E-state index in [4.69, 9.17) is 9.47 Å². The first-order valence-corrected chi connectivity index (χ1v) is 8.54. The molecule has 0 spiro atoms. The standard InChI is InChI=1S/C20H18N4O4/c1-4-28-19-17(24(25)26)9-13(10-18(19)27-3)8-14(11-21)20-22-15-6-5-12(2)7-16(15)23-20/h5-10H,4H2,1-3H3,(H,22,23)/b14-8-. The van der Waals surface area contributed by atoms with Gasteiger partial charge in [0.25, 0.3) is 0 Å². The zero-order valence-electron chi connectivity index (χ0n) is 15.6. The van der Waals surface area contributed by atoms with Gasteiger partial charge in [-0.05, 0) is 49.2 Å². The molecule has 1 aromatic heterocycles. The molecule has 0 saturated carbocycles. The van der Waals surface area contributed by atoms with Crippen LogP contribution in [0, 0.1) is 28.4 Å². The van der Waals surface area contributed by atoms with Crippen LogP contribution < -0.4 is 9.47 Å². The Morgan fingerprint density at radius 1 is 1.39 bits per heavy atom. The smallest absolute Gasteiger partial charge is 0.315 e. The molecule has 0 amide bonds. The van der Waals surface area contributed by atoms with Gasteiger partial charge in [-0.1, -0.05) is 6.07 Å². The normalized spacial score (nSPS) is 11.3. The molecule has 0 unspecified atom stereocenters. The summed E-state index contributed by atoms with van der Waals surface area (Å²) >= 11 is 0. The van der Waals surface area contributed by atoms with Crippen LogP contribution in [0.1, 0.15) is 23.9 Å². The van der Waals surface area contributed by atoms with Gasteiger partial charge in [0.15, 0.2) is 5.75 Å². The molecule has 0 aliphatic rings. The maximum absolute atomic E-state index is 11.5. The van der Waals surface area contributed by atoms with Crippen molar-refractivity contribution in [2.75, 3.05) is 13.7 Å². The van der Waals surface area contributed by atoms with Crippen molar-refractivity contribution < 1.29 is 14.4 Å². The van der Waals surface area contributed by atoms with Gasteiger partial charge in [-0.3, -0.25) is 10.1 Å². The Labute approximate surface area is 161 Å². The summed E-state index contributed by atoms with van der Waals surface area (Å²) in [4.78, 5) is 18.5. The number of aromatic amines is 1. The van der Waals surface area contributed by atoms with Gasteiger partial charge in [0.05, 0.1) is 35.2 Å². The van der Waals surface area contributed by atoms with Crippen LogP contribution >= 0.6 is 0 Å². The molecule has 0 aliphatic heterocycles. The number of imidazole rings is 1. The fourth-order valence-corrected chi connectivity index (χ4v) is 2.84. The molecule has 1 heterocycles. The number of fused-ring (bicyclic) bond motifs is 1. The van der Waals surface area contributed by atoms with E-state index < -0.39 is 4.92 Å². The lowest BCUT2D eigenvalue weighted by Gasteiger charge is -2.10. The van der Waals surface area contributed by atoms with Crippen molar-refractivity contribution in [3.8, 4) is 17.6 Å². The van der Waals surface area contributed by atoms with Crippen molar-refractivity contribution in [1.82, 2.24) is 9.97 Å². The highest BCUT2D eigenvalue weighted by atomic mass is 16.6. The van der Waals surface area contributed by atoms with Crippen LogP contribution in [-0.2, 0) is 0 Å². The third-order valence-corrected chi connectivity index (χ3v) is 4.09. The fourth-order valence-electron chi connectivity index (χ4n) is 2.84. The summed E-state index contributed by atoms with van der Waals surface area (Å²) in [7, 11) is 1.40. The Morgan fingerprint density at radius 3 is 2.82 bits per heavy atom. The maximum atomic E-state index is 11.5. The van der Waals surface area contributed by atoms with E-state index in [1.165, 1.54) is 19.3 Å². The Bertz CT molecular complexity index is 1130. The topological polar surface area (TPSA) is 114 Å². The zero-order valence-corrected chi connectivity index (χ0v) is 15.6. The monoisotopic (exact) mass is 378 g/mol. The van der Waals surface area contributed by atoms with Gasteiger partial charge in [-0.2, -0.15) is 5.26 Å². The highest BCUT2D eigenvalue weighted by molar-refractivity contribution is 5.91. The number of nitrogens with zero attached hydrogens (tertiary/aromatic N) is 3. The molecule has 8 nitrogen and oxygen atoms in total. The third kappa shape index (κ3) is 3.64. The summed E-state index contributed by atoms with van der Waals surface area (Å²) in [5.74, 6) is 0.670. The molecule has 0 radical (unpaired) electrons.